The van der Waals surface area contributed by atoms with Gasteiger partial charge in [0, 0.05) is 13.1 Å². The molecule has 0 aromatic carbocycles. The number of piperidine rings is 1. The quantitative estimate of drug-likeness (QED) is 0.359. The standard InChI is InChI=1S/C10H15NO2/c1-2-7-13-8-10-3-5-11(9-12)6-4-10/h1,9-10H,3-8H2. The lowest BCUT2D eigenvalue weighted by atomic mass is 9.98. The number of ether oxygens (including phenoxy) is 1. The van der Waals surface area contributed by atoms with Crippen LogP contribution in [0.2, 0.25) is 0 Å². The summed E-state index contributed by atoms with van der Waals surface area (Å²) in [6, 6.07) is 0. The minimum absolute atomic E-state index is 0.397. The van der Waals surface area contributed by atoms with E-state index in [2.05, 4.69) is 5.92 Å². The highest BCUT2D eigenvalue weighted by Crippen LogP contribution is 2.15. The molecule has 0 saturated carbocycles. The molecule has 1 aliphatic rings. The molecule has 1 amide bonds. The number of hydrogen-bond acceptors (Lipinski definition) is 2. The number of rotatable bonds is 4. The Morgan fingerprint density at radius 2 is 2.23 bits per heavy atom. The second kappa shape index (κ2) is 5.60. The van der Waals surface area contributed by atoms with Gasteiger partial charge in [0.1, 0.15) is 6.61 Å². The predicted octanol–water partition coefficient (Wildman–Crippen LogP) is 0.505. The maximum absolute atomic E-state index is 10.4. The van der Waals surface area contributed by atoms with Gasteiger partial charge in [0.15, 0.2) is 0 Å². The summed E-state index contributed by atoms with van der Waals surface area (Å²) in [5.41, 5.74) is 0. The lowest BCUT2D eigenvalue weighted by Gasteiger charge is -2.28. The Kier molecular flexibility index (Phi) is 4.34. The molecule has 1 aliphatic heterocycles. The lowest BCUT2D eigenvalue weighted by molar-refractivity contribution is -0.119. The van der Waals surface area contributed by atoms with Crippen molar-refractivity contribution < 1.29 is 9.53 Å². The van der Waals surface area contributed by atoms with E-state index in [9.17, 15) is 4.79 Å². The maximum Gasteiger partial charge on any atom is 0.209 e. The third-order valence-corrected chi connectivity index (χ3v) is 2.34. The van der Waals surface area contributed by atoms with E-state index in [1.807, 2.05) is 0 Å². The molecule has 1 heterocycles. The summed E-state index contributed by atoms with van der Waals surface area (Å²) in [5.74, 6) is 3.01. The SMILES string of the molecule is C#CCOCC1CCN(C=O)CC1. The van der Waals surface area contributed by atoms with Crippen LogP contribution >= 0.6 is 0 Å². The molecule has 0 bridgehead atoms. The Balaban J connectivity index is 2.11. The molecule has 0 spiro atoms. The Morgan fingerprint density at radius 1 is 1.54 bits per heavy atom. The van der Waals surface area contributed by atoms with E-state index in [-0.39, 0.29) is 0 Å². The van der Waals surface area contributed by atoms with Gasteiger partial charge >= 0.3 is 0 Å². The van der Waals surface area contributed by atoms with Gasteiger partial charge in [0.05, 0.1) is 6.61 Å². The number of carbonyl (C=O) groups excluding carboxylic acids is 1. The molecule has 72 valence electrons. The van der Waals surface area contributed by atoms with Crippen molar-refractivity contribution in [3.8, 4) is 12.3 Å². The van der Waals surface area contributed by atoms with E-state index in [4.69, 9.17) is 11.2 Å². The second-order valence-electron chi connectivity index (χ2n) is 3.30. The second-order valence-corrected chi connectivity index (χ2v) is 3.30. The molecular formula is C10H15NO2. The average molecular weight is 181 g/mol. The Morgan fingerprint density at radius 3 is 2.77 bits per heavy atom. The van der Waals surface area contributed by atoms with Crippen LogP contribution in [0.15, 0.2) is 0 Å². The zero-order valence-corrected chi connectivity index (χ0v) is 7.74. The summed E-state index contributed by atoms with van der Waals surface area (Å²) in [5, 5.41) is 0. The van der Waals surface area contributed by atoms with Crippen LogP contribution < -0.4 is 0 Å². The van der Waals surface area contributed by atoms with Gasteiger partial charge in [0.25, 0.3) is 0 Å². The van der Waals surface area contributed by atoms with Crippen molar-refractivity contribution in [3.05, 3.63) is 0 Å². The van der Waals surface area contributed by atoms with Crippen LogP contribution in [0.1, 0.15) is 12.8 Å². The van der Waals surface area contributed by atoms with Crippen molar-refractivity contribution in [1.29, 1.82) is 0 Å². The van der Waals surface area contributed by atoms with Crippen molar-refractivity contribution in [3.63, 3.8) is 0 Å². The van der Waals surface area contributed by atoms with Crippen molar-refractivity contribution in [2.24, 2.45) is 5.92 Å². The van der Waals surface area contributed by atoms with E-state index >= 15 is 0 Å². The fourth-order valence-electron chi connectivity index (χ4n) is 1.51. The van der Waals surface area contributed by atoms with Gasteiger partial charge in [-0.3, -0.25) is 4.79 Å². The van der Waals surface area contributed by atoms with Crippen LogP contribution in [0.4, 0.5) is 0 Å². The topological polar surface area (TPSA) is 29.5 Å². The van der Waals surface area contributed by atoms with Crippen LogP contribution in [-0.2, 0) is 9.53 Å². The minimum atomic E-state index is 0.397. The first-order valence-corrected chi connectivity index (χ1v) is 4.57. The monoisotopic (exact) mass is 181 g/mol. The Labute approximate surface area is 79.1 Å². The molecule has 0 N–H and O–H groups in total. The van der Waals surface area contributed by atoms with Crippen molar-refractivity contribution in [2.75, 3.05) is 26.3 Å². The third kappa shape index (κ3) is 3.47. The molecule has 0 unspecified atom stereocenters. The summed E-state index contributed by atoms with van der Waals surface area (Å²) < 4.78 is 5.25. The van der Waals surface area contributed by atoms with Gasteiger partial charge < -0.3 is 9.64 Å². The van der Waals surface area contributed by atoms with Gasteiger partial charge in [-0.05, 0) is 18.8 Å². The first kappa shape index (κ1) is 10.1. The molecule has 3 nitrogen and oxygen atoms in total. The van der Waals surface area contributed by atoms with E-state index in [0.717, 1.165) is 38.9 Å². The van der Waals surface area contributed by atoms with E-state index < -0.39 is 0 Å². The molecule has 0 aliphatic carbocycles. The number of terminal acetylenes is 1. The number of likely N-dealkylation sites (tertiary alicyclic amines) is 1. The van der Waals surface area contributed by atoms with E-state index in [1.54, 1.807) is 4.90 Å². The largest absolute Gasteiger partial charge is 0.369 e. The van der Waals surface area contributed by atoms with Crippen molar-refractivity contribution >= 4 is 6.41 Å². The molecule has 1 rings (SSSR count). The molecular weight excluding hydrogens is 166 g/mol. The smallest absolute Gasteiger partial charge is 0.209 e. The molecule has 3 heteroatoms. The molecule has 1 saturated heterocycles. The van der Waals surface area contributed by atoms with Crippen molar-refractivity contribution in [2.45, 2.75) is 12.8 Å². The number of nitrogens with zero attached hydrogens (tertiary/aromatic N) is 1. The normalized spacial score (nSPS) is 18.2. The fraction of sp³-hybridized carbons (Fsp3) is 0.700. The van der Waals surface area contributed by atoms with E-state index in [0.29, 0.717) is 12.5 Å². The van der Waals surface area contributed by atoms with Crippen molar-refractivity contribution in [1.82, 2.24) is 4.90 Å². The summed E-state index contributed by atoms with van der Waals surface area (Å²) in [6.07, 6.45) is 8.04. The summed E-state index contributed by atoms with van der Waals surface area (Å²) >= 11 is 0. The number of carbonyl (C=O) groups is 1. The van der Waals surface area contributed by atoms with Gasteiger partial charge in [-0.1, -0.05) is 5.92 Å². The average Bonchev–Trinajstić information content (AvgIpc) is 2.19. The number of amides is 1. The highest BCUT2D eigenvalue weighted by atomic mass is 16.5. The van der Waals surface area contributed by atoms with Gasteiger partial charge in [-0.15, -0.1) is 6.42 Å². The summed E-state index contributed by atoms with van der Waals surface area (Å²) in [4.78, 5) is 12.2. The molecule has 0 radical (unpaired) electrons. The van der Waals surface area contributed by atoms with Gasteiger partial charge in [-0.25, -0.2) is 0 Å². The molecule has 13 heavy (non-hydrogen) atoms. The number of hydrogen-bond donors (Lipinski definition) is 0. The highest BCUT2D eigenvalue weighted by molar-refractivity contribution is 5.47. The molecule has 0 aromatic heterocycles. The van der Waals surface area contributed by atoms with Gasteiger partial charge in [-0.2, -0.15) is 0 Å². The maximum atomic E-state index is 10.4. The zero-order chi connectivity index (χ0) is 9.52. The Bertz CT molecular complexity index is 190. The van der Waals surface area contributed by atoms with Crippen LogP contribution in [0, 0.1) is 18.3 Å². The minimum Gasteiger partial charge on any atom is -0.369 e. The van der Waals surface area contributed by atoms with E-state index in [1.165, 1.54) is 0 Å². The van der Waals surface area contributed by atoms with Crippen LogP contribution in [-0.4, -0.2) is 37.6 Å². The molecule has 0 aromatic rings. The third-order valence-electron chi connectivity index (χ3n) is 2.34. The van der Waals surface area contributed by atoms with Crippen LogP contribution in [0.3, 0.4) is 0 Å². The van der Waals surface area contributed by atoms with Crippen LogP contribution in [0.25, 0.3) is 0 Å². The first-order chi connectivity index (χ1) is 6.36. The molecule has 0 atom stereocenters. The Hall–Kier alpha value is -1.01. The first-order valence-electron chi connectivity index (χ1n) is 4.57. The van der Waals surface area contributed by atoms with Crippen LogP contribution in [0.5, 0.6) is 0 Å². The lowest BCUT2D eigenvalue weighted by Crippen LogP contribution is -2.34. The fourth-order valence-corrected chi connectivity index (χ4v) is 1.51. The molecule has 1 fully saturated rings. The summed E-state index contributed by atoms with van der Waals surface area (Å²) in [7, 11) is 0. The summed E-state index contributed by atoms with van der Waals surface area (Å²) in [6.45, 7) is 2.84. The predicted molar refractivity (Wildman–Crippen MR) is 50.0 cm³/mol. The highest BCUT2D eigenvalue weighted by Gasteiger charge is 2.17. The zero-order valence-electron chi connectivity index (χ0n) is 7.74. The van der Waals surface area contributed by atoms with Gasteiger partial charge in [0.2, 0.25) is 6.41 Å².